The van der Waals surface area contributed by atoms with Crippen LogP contribution in [0.1, 0.15) is 17.3 Å². The lowest BCUT2D eigenvalue weighted by molar-refractivity contribution is -0.123. The van der Waals surface area contributed by atoms with Crippen molar-refractivity contribution in [1.82, 2.24) is 0 Å². The number of nitrogens with one attached hydrogen (secondary N) is 1. The van der Waals surface area contributed by atoms with Gasteiger partial charge in [-0.25, -0.2) is 4.79 Å². The van der Waals surface area contributed by atoms with Gasteiger partial charge in [-0.2, -0.15) is 0 Å². The number of nitrogens with two attached hydrogens (primary N) is 1. The number of carbonyl (C=O) groups excluding carboxylic acids is 2. The van der Waals surface area contributed by atoms with Crippen LogP contribution in [0.2, 0.25) is 5.02 Å². The lowest BCUT2D eigenvalue weighted by atomic mass is 10.2. The van der Waals surface area contributed by atoms with Crippen molar-refractivity contribution in [3.8, 4) is 5.75 Å². The van der Waals surface area contributed by atoms with Crippen molar-refractivity contribution < 1.29 is 19.1 Å². The smallest absolute Gasteiger partial charge is 0.342 e. The molecule has 1 unspecified atom stereocenters. The molecule has 0 aromatic heterocycles. The highest BCUT2D eigenvalue weighted by Crippen LogP contribution is 2.29. The summed E-state index contributed by atoms with van der Waals surface area (Å²) in [6, 6.07) is 9.78. The van der Waals surface area contributed by atoms with E-state index in [-0.39, 0.29) is 22.0 Å². The van der Waals surface area contributed by atoms with Crippen LogP contribution in [0.25, 0.3) is 0 Å². The van der Waals surface area contributed by atoms with E-state index in [2.05, 4.69) is 21.2 Å². The molecule has 0 bridgehead atoms. The molecule has 0 aliphatic carbocycles. The highest BCUT2D eigenvalue weighted by Gasteiger charge is 2.22. The molecule has 0 heterocycles. The maximum absolute atomic E-state index is 12.3. The van der Waals surface area contributed by atoms with Gasteiger partial charge in [-0.05, 0) is 37.3 Å². The van der Waals surface area contributed by atoms with Crippen LogP contribution in [0.15, 0.2) is 40.9 Å². The van der Waals surface area contributed by atoms with Crippen molar-refractivity contribution >= 4 is 50.8 Å². The van der Waals surface area contributed by atoms with E-state index in [9.17, 15) is 9.59 Å². The number of benzene rings is 2. The van der Waals surface area contributed by atoms with Gasteiger partial charge in [-0.1, -0.05) is 27.5 Å². The molecule has 0 saturated carbocycles. The van der Waals surface area contributed by atoms with Crippen LogP contribution in [0.4, 0.5) is 11.4 Å². The summed E-state index contributed by atoms with van der Waals surface area (Å²) >= 11 is 9.24. The van der Waals surface area contributed by atoms with E-state index in [4.69, 9.17) is 26.8 Å². The first-order chi connectivity index (χ1) is 11.8. The first kappa shape index (κ1) is 19.1. The van der Waals surface area contributed by atoms with Crippen molar-refractivity contribution in [2.45, 2.75) is 13.0 Å². The number of hydrogen-bond acceptors (Lipinski definition) is 5. The van der Waals surface area contributed by atoms with Crippen molar-refractivity contribution in [3.63, 3.8) is 0 Å². The van der Waals surface area contributed by atoms with E-state index in [0.717, 1.165) is 4.47 Å². The van der Waals surface area contributed by atoms with Crippen molar-refractivity contribution in [2.24, 2.45) is 0 Å². The maximum Gasteiger partial charge on any atom is 0.342 e. The van der Waals surface area contributed by atoms with E-state index in [1.165, 1.54) is 26.2 Å². The molecule has 1 atom stereocenters. The van der Waals surface area contributed by atoms with Crippen molar-refractivity contribution in [2.75, 3.05) is 18.2 Å². The summed E-state index contributed by atoms with van der Waals surface area (Å²) in [6.07, 6.45) is -1.02. The molecule has 8 heteroatoms. The molecule has 25 heavy (non-hydrogen) atoms. The Bertz CT molecular complexity index is 796. The lowest BCUT2D eigenvalue weighted by Crippen LogP contribution is -2.30. The third-order valence-corrected chi connectivity index (χ3v) is 4.16. The monoisotopic (exact) mass is 426 g/mol. The molecule has 2 rings (SSSR count). The quantitative estimate of drug-likeness (QED) is 0.558. The molecule has 1 amide bonds. The van der Waals surface area contributed by atoms with Gasteiger partial charge >= 0.3 is 5.97 Å². The fraction of sp³-hybridized carbons (Fsp3) is 0.176. The Morgan fingerprint density at radius 1 is 1.24 bits per heavy atom. The molecule has 0 fully saturated rings. The molecule has 0 radical (unpaired) electrons. The molecule has 3 N–H and O–H groups in total. The van der Waals surface area contributed by atoms with Crippen LogP contribution in [0.3, 0.4) is 0 Å². The predicted molar refractivity (Wildman–Crippen MR) is 100 cm³/mol. The zero-order chi connectivity index (χ0) is 18.6. The average Bonchev–Trinajstić information content (AvgIpc) is 2.58. The zero-order valence-corrected chi connectivity index (χ0v) is 15.8. The van der Waals surface area contributed by atoms with Crippen LogP contribution < -0.4 is 15.8 Å². The number of ether oxygens (including phenoxy) is 2. The third kappa shape index (κ3) is 4.87. The Morgan fingerprint density at radius 2 is 1.88 bits per heavy atom. The normalized spacial score (nSPS) is 11.5. The second-order valence-electron chi connectivity index (χ2n) is 5.12. The van der Waals surface area contributed by atoms with E-state index in [0.29, 0.717) is 5.69 Å². The molecule has 2 aromatic rings. The average molecular weight is 428 g/mol. The summed E-state index contributed by atoms with van der Waals surface area (Å²) in [5.74, 6) is -0.985. The molecular formula is C17H16BrClN2O4. The summed E-state index contributed by atoms with van der Waals surface area (Å²) < 4.78 is 11.2. The number of amides is 1. The Labute approximate surface area is 158 Å². The third-order valence-electron chi connectivity index (χ3n) is 3.30. The molecule has 0 aliphatic heterocycles. The van der Waals surface area contributed by atoms with Gasteiger partial charge in [0, 0.05) is 16.2 Å². The molecule has 132 valence electrons. The van der Waals surface area contributed by atoms with E-state index < -0.39 is 18.0 Å². The minimum Gasteiger partial charge on any atom is -0.496 e. The Balaban J connectivity index is 2.08. The van der Waals surface area contributed by atoms with Crippen LogP contribution in [0.5, 0.6) is 5.75 Å². The van der Waals surface area contributed by atoms with Gasteiger partial charge in [0.25, 0.3) is 5.91 Å². The highest BCUT2D eigenvalue weighted by molar-refractivity contribution is 9.10. The summed E-state index contributed by atoms with van der Waals surface area (Å²) in [5.41, 5.74) is 6.63. The number of nitrogen functional groups attached to an aromatic ring is 1. The Kier molecular flexibility index (Phi) is 6.27. The van der Waals surface area contributed by atoms with E-state index >= 15 is 0 Å². The molecule has 0 aliphatic rings. The fourth-order valence-corrected chi connectivity index (χ4v) is 2.38. The number of methoxy groups -OCH3 is 1. The maximum atomic E-state index is 12.3. The summed E-state index contributed by atoms with van der Waals surface area (Å²) in [6.45, 7) is 1.47. The van der Waals surface area contributed by atoms with Crippen LogP contribution in [-0.2, 0) is 9.53 Å². The Morgan fingerprint density at radius 3 is 2.48 bits per heavy atom. The minimum absolute atomic E-state index is 0.0880. The van der Waals surface area contributed by atoms with Crippen molar-refractivity contribution in [3.05, 3.63) is 51.5 Å². The number of esters is 1. The first-order valence-electron chi connectivity index (χ1n) is 7.22. The van der Waals surface area contributed by atoms with Gasteiger partial charge in [-0.3, -0.25) is 4.79 Å². The van der Waals surface area contributed by atoms with Gasteiger partial charge < -0.3 is 20.5 Å². The zero-order valence-electron chi connectivity index (χ0n) is 13.5. The number of halogens is 2. The van der Waals surface area contributed by atoms with Gasteiger partial charge in [0.2, 0.25) is 0 Å². The van der Waals surface area contributed by atoms with Gasteiger partial charge in [0.05, 0.1) is 17.8 Å². The van der Waals surface area contributed by atoms with E-state index in [1.807, 2.05) is 0 Å². The topological polar surface area (TPSA) is 90.7 Å². The standard InChI is InChI=1S/C17H16BrClN2O4/c1-9(16(22)21-11-5-3-10(18)4-6-11)25-17(23)12-7-13(19)14(20)8-15(12)24-2/h3-9H,20H2,1-2H3,(H,21,22). The largest absolute Gasteiger partial charge is 0.496 e. The number of carbonyl (C=O) groups is 2. The van der Waals surface area contributed by atoms with Crippen molar-refractivity contribution in [1.29, 1.82) is 0 Å². The van der Waals surface area contributed by atoms with Crippen LogP contribution in [0, 0.1) is 0 Å². The van der Waals surface area contributed by atoms with Gasteiger partial charge in [0.1, 0.15) is 11.3 Å². The molecule has 0 saturated heterocycles. The van der Waals surface area contributed by atoms with Crippen LogP contribution >= 0.6 is 27.5 Å². The number of hydrogen-bond donors (Lipinski definition) is 2. The summed E-state index contributed by atoms with van der Waals surface area (Å²) in [4.78, 5) is 24.5. The molecule has 0 spiro atoms. The summed E-state index contributed by atoms with van der Waals surface area (Å²) in [5, 5.41) is 2.85. The second-order valence-corrected chi connectivity index (χ2v) is 6.44. The van der Waals surface area contributed by atoms with Gasteiger partial charge in [0.15, 0.2) is 6.10 Å². The fourth-order valence-electron chi connectivity index (χ4n) is 1.95. The number of anilines is 2. The van der Waals surface area contributed by atoms with Gasteiger partial charge in [-0.15, -0.1) is 0 Å². The van der Waals surface area contributed by atoms with E-state index in [1.54, 1.807) is 24.3 Å². The number of rotatable bonds is 5. The van der Waals surface area contributed by atoms with Crippen LogP contribution in [-0.4, -0.2) is 25.1 Å². The SMILES string of the molecule is COc1cc(N)c(Cl)cc1C(=O)OC(C)C(=O)Nc1ccc(Br)cc1. The summed E-state index contributed by atoms with van der Waals surface area (Å²) in [7, 11) is 1.39. The molecular weight excluding hydrogens is 412 g/mol. The first-order valence-corrected chi connectivity index (χ1v) is 8.39. The molecule has 2 aromatic carbocycles. The molecule has 6 nitrogen and oxygen atoms in total. The second kappa shape index (κ2) is 8.22. The predicted octanol–water partition coefficient (Wildman–Crippen LogP) is 3.88. The minimum atomic E-state index is -1.02. The Hall–Kier alpha value is -2.25. The highest BCUT2D eigenvalue weighted by atomic mass is 79.9. The lowest BCUT2D eigenvalue weighted by Gasteiger charge is -2.15.